The van der Waals surface area contributed by atoms with Gasteiger partial charge in [0.15, 0.2) is 5.69 Å². The number of hydrogen-bond acceptors (Lipinski definition) is 5. The van der Waals surface area contributed by atoms with Gasteiger partial charge in [0.1, 0.15) is 0 Å². The number of ether oxygens (including phenoxy) is 1. The highest BCUT2D eigenvalue weighted by atomic mass is 19.4. The maximum Gasteiger partial charge on any atom is 0.434 e. The number of benzene rings is 1. The maximum atomic E-state index is 12.6. The van der Waals surface area contributed by atoms with Gasteiger partial charge in [-0.3, -0.25) is 4.90 Å². The third kappa shape index (κ3) is 7.97. The zero-order chi connectivity index (χ0) is 26.2. The largest absolute Gasteiger partial charge is 0.434 e. The molecule has 192 valence electrons. The number of nitrogens with zero attached hydrogens (tertiary/aromatic N) is 3. The number of carbonyl (C=O) groups excluding carboxylic acids is 3. The molecule has 0 aromatic heterocycles. The molecular weight excluding hydrogens is 484 g/mol. The van der Waals surface area contributed by atoms with Crippen molar-refractivity contribution in [1.29, 1.82) is 0 Å². The van der Waals surface area contributed by atoms with Crippen LogP contribution in [-0.4, -0.2) is 66.7 Å². The molecule has 1 heterocycles. The lowest BCUT2D eigenvalue weighted by Gasteiger charge is -2.35. The molecular formula is C22H23F6N3O4. The number of rotatable bonds is 4. The van der Waals surface area contributed by atoms with Gasteiger partial charge in [-0.1, -0.05) is 36.6 Å². The fraction of sp³-hybridized carbons (Fsp3) is 0.591. The molecule has 3 rings (SSSR count). The molecule has 1 aliphatic carbocycles. The maximum absolute atomic E-state index is 12.6. The molecule has 13 heteroatoms. The van der Waals surface area contributed by atoms with E-state index in [0.717, 1.165) is 41.7 Å². The minimum Gasteiger partial charge on any atom is -0.426 e. The number of alkyl halides is 6. The highest BCUT2D eigenvalue weighted by molar-refractivity contribution is 5.68. The van der Waals surface area contributed by atoms with Crippen LogP contribution in [0.2, 0.25) is 0 Å². The summed E-state index contributed by atoms with van der Waals surface area (Å²) >= 11 is 0. The summed E-state index contributed by atoms with van der Waals surface area (Å²) in [6, 6.07) is 5.54. The normalized spacial score (nSPS) is 17.4. The predicted octanol–water partition coefficient (Wildman–Crippen LogP) is 5.06. The Labute approximate surface area is 197 Å². The van der Waals surface area contributed by atoms with E-state index >= 15 is 0 Å². The summed E-state index contributed by atoms with van der Waals surface area (Å²) in [7, 11) is 0. The second-order valence-electron chi connectivity index (χ2n) is 8.17. The molecule has 1 aromatic carbocycles. The Morgan fingerprint density at radius 2 is 1.60 bits per heavy atom. The first kappa shape index (κ1) is 28.1. The van der Waals surface area contributed by atoms with E-state index in [1.165, 1.54) is 0 Å². The Bertz CT molecular complexity index is 926. The van der Waals surface area contributed by atoms with Gasteiger partial charge in [-0.05, 0) is 24.3 Å². The summed E-state index contributed by atoms with van der Waals surface area (Å²) < 4.78 is 79.5. The molecule has 0 radical (unpaired) electrons. The van der Waals surface area contributed by atoms with E-state index in [1.54, 1.807) is 6.07 Å². The topological polar surface area (TPSA) is 71.3 Å². The summed E-state index contributed by atoms with van der Waals surface area (Å²) in [6.07, 6.45) is -12.6. The van der Waals surface area contributed by atoms with E-state index < -0.39 is 24.5 Å². The first-order chi connectivity index (χ1) is 16.4. The van der Waals surface area contributed by atoms with Crippen molar-refractivity contribution in [3.05, 3.63) is 40.7 Å². The Hall–Kier alpha value is -3.10. The van der Waals surface area contributed by atoms with E-state index in [9.17, 15) is 31.1 Å². The van der Waals surface area contributed by atoms with Gasteiger partial charge in [-0.15, -0.1) is 0 Å². The van der Waals surface area contributed by atoms with Crippen LogP contribution in [0.25, 0.3) is 4.85 Å². The van der Waals surface area contributed by atoms with Gasteiger partial charge in [0.2, 0.25) is 0 Å². The van der Waals surface area contributed by atoms with Gasteiger partial charge in [0.25, 0.3) is 6.10 Å². The first-order valence-electron chi connectivity index (χ1n) is 10.7. The van der Waals surface area contributed by atoms with Crippen molar-refractivity contribution in [3.8, 4) is 0 Å². The standard InChI is InChI=1S/C21H23F6N3O2.CO2/c1-28-16-7-6-15(17(12-16)14-4-2-3-5-14)13-29-8-10-30(11-9-29)19(31)32-18(20(22,23)24)21(25,26)27;2-1-3/h6-7,12,14,18H,2-5,8-11,13H2;. The highest BCUT2D eigenvalue weighted by Crippen LogP contribution is 2.38. The summed E-state index contributed by atoms with van der Waals surface area (Å²) in [6.45, 7) is 8.26. The second-order valence-corrected chi connectivity index (χ2v) is 8.17. The van der Waals surface area contributed by atoms with Gasteiger partial charge in [-0.2, -0.15) is 35.9 Å². The number of halogens is 6. The van der Waals surface area contributed by atoms with Crippen LogP contribution in [0.4, 0.5) is 36.8 Å². The van der Waals surface area contributed by atoms with Gasteiger partial charge in [0, 0.05) is 32.7 Å². The van der Waals surface area contributed by atoms with Crippen LogP contribution < -0.4 is 0 Å². The third-order valence-corrected chi connectivity index (χ3v) is 5.89. The molecule has 1 saturated heterocycles. The SMILES string of the molecule is O=C=O.[C-]#[N+]c1ccc(CN2CCN(C(=O)OC(C(F)(F)F)C(F)(F)F)CC2)c(C2CCCC2)c1. The summed E-state index contributed by atoms with van der Waals surface area (Å²) in [5, 5.41) is 0. The van der Waals surface area contributed by atoms with Crippen molar-refractivity contribution in [2.45, 2.75) is 56.6 Å². The average molecular weight is 507 g/mol. The number of carbonyl (C=O) groups is 1. The zero-order valence-electron chi connectivity index (χ0n) is 18.5. The van der Waals surface area contributed by atoms with E-state index in [4.69, 9.17) is 16.2 Å². The molecule has 1 amide bonds. The molecule has 1 saturated carbocycles. The van der Waals surface area contributed by atoms with Gasteiger partial charge >= 0.3 is 24.6 Å². The molecule has 2 aliphatic rings. The molecule has 2 fully saturated rings. The van der Waals surface area contributed by atoms with E-state index in [1.807, 2.05) is 17.0 Å². The number of hydrogen-bond donors (Lipinski definition) is 0. The molecule has 0 atom stereocenters. The lowest BCUT2D eigenvalue weighted by atomic mass is 9.92. The minimum atomic E-state index is -5.73. The van der Waals surface area contributed by atoms with Crippen molar-refractivity contribution in [2.24, 2.45) is 0 Å². The zero-order valence-corrected chi connectivity index (χ0v) is 18.5. The number of amides is 1. The van der Waals surface area contributed by atoms with Crippen LogP contribution in [0, 0.1) is 6.57 Å². The van der Waals surface area contributed by atoms with Crippen LogP contribution in [0.15, 0.2) is 18.2 Å². The molecule has 0 spiro atoms. The van der Waals surface area contributed by atoms with Crippen molar-refractivity contribution in [3.63, 3.8) is 0 Å². The summed E-state index contributed by atoms with van der Waals surface area (Å²) in [4.78, 5) is 34.5. The first-order valence-corrected chi connectivity index (χ1v) is 10.7. The van der Waals surface area contributed by atoms with Crippen molar-refractivity contribution in [2.75, 3.05) is 26.2 Å². The quantitative estimate of drug-likeness (QED) is 0.421. The molecule has 1 aliphatic heterocycles. The van der Waals surface area contributed by atoms with Crippen molar-refractivity contribution < 1.29 is 45.5 Å². The fourth-order valence-corrected chi connectivity index (χ4v) is 4.24. The molecule has 0 unspecified atom stereocenters. The van der Waals surface area contributed by atoms with Crippen LogP contribution >= 0.6 is 0 Å². The van der Waals surface area contributed by atoms with E-state index in [0.29, 0.717) is 18.2 Å². The Morgan fingerprint density at radius 3 is 2.09 bits per heavy atom. The second kappa shape index (κ2) is 12.0. The highest BCUT2D eigenvalue weighted by Gasteiger charge is 2.60. The molecule has 7 nitrogen and oxygen atoms in total. The third-order valence-electron chi connectivity index (χ3n) is 5.89. The number of piperazine rings is 1. The smallest absolute Gasteiger partial charge is 0.426 e. The average Bonchev–Trinajstić information content (AvgIpc) is 3.32. The molecule has 0 bridgehead atoms. The Kier molecular flexibility index (Phi) is 9.68. The Balaban J connectivity index is 0.00000137. The van der Waals surface area contributed by atoms with E-state index in [2.05, 4.69) is 9.58 Å². The van der Waals surface area contributed by atoms with Crippen LogP contribution in [0.1, 0.15) is 42.7 Å². The monoisotopic (exact) mass is 507 g/mol. The molecule has 1 aromatic rings. The summed E-state index contributed by atoms with van der Waals surface area (Å²) in [5.41, 5.74) is 2.73. The Morgan fingerprint density at radius 1 is 1.06 bits per heavy atom. The van der Waals surface area contributed by atoms with Gasteiger partial charge < -0.3 is 9.64 Å². The van der Waals surface area contributed by atoms with Crippen LogP contribution in [-0.2, 0) is 20.9 Å². The van der Waals surface area contributed by atoms with Crippen molar-refractivity contribution in [1.82, 2.24) is 9.80 Å². The summed E-state index contributed by atoms with van der Waals surface area (Å²) in [5.74, 6) is 0.379. The van der Waals surface area contributed by atoms with E-state index in [-0.39, 0.29) is 32.3 Å². The fourth-order valence-electron chi connectivity index (χ4n) is 4.24. The molecule has 35 heavy (non-hydrogen) atoms. The van der Waals surface area contributed by atoms with Crippen LogP contribution in [0.5, 0.6) is 0 Å². The lowest BCUT2D eigenvalue weighted by molar-refractivity contribution is -0.308. The molecule has 0 N–H and O–H groups in total. The van der Waals surface area contributed by atoms with Crippen molar-refractivity contribution >= 4 is 17.9 Å². The predicted molar refractivity (Wildman–Crippen MR) is 108 cm³/mol. The lowest BCUT2D eigenvalue weighted by Crippen LogP contribution is -2.52. The van der Waals surface area contributed by atoms with Gasteiger partial charge in [0.05, 0.1) is 6.57 Å². The minimum absolute atomic E-state index is 0.0415. The van der Waals surface area contributed by atoms with Gasteiger partial charge in [-0.25, -0.2) is 9.64 Å². The van der Waals surface area contributed by atoms with Crippen LogP contribution in [0.3, 0.4) is 0 Å².